The number of aromatic nitrogens is 1. The minimum Gasteiger partial charge on any atom is -0.310 e. The second-order valence-electron chi connectivity index (χ2n) is 6.82. The monoisotopic (exact) mass is 421 g/mol. The van der Waals surface area contributed by atoms with Gasteiger partial charge in [0, 0.05) is 31.1 Å². The molecule has 0 radical (unpaired) electrons. The third-order valence-corrected chi connectivity index (χ3v) is 7.08. The van der Waals surface area contributed by atoms with E-state index in [1.165, 1.54) is 4.31 Å². The van der Waals surface area contributed by atoms with Gasteiger partial charge in [0.1, 0.15) is 5.82 Å². The number of hydrogen-bond donors (Lipinski definition) is 1. The first kappa shape index (κ1) is 20.8. The Balaban J connectivity index is 1.58. The molecule has 2 heterocycles. The SMILES string of the molecule is O=C(Nc1ccccn1)C1CCN(S(=O)(=O)c2ccc(CCCCl)cc2)CC1. The minimum atomic E-state index is -3.54. The van der Waals surface area contributed by atoms with Crippen molar-refractivity contribution in [1.82, 2.24) is 9.29 Å². The van der Waals surface area contributed by atoms with Crippen LogP contribution in [0.4, 0.5) is 5.82 Å². The van der Waals surface area contributed by atoms with Crippen LogP contribution in [-0.4, -0.2) is 42.6 Å². The number of nitrogens with zero attached hydrogens (tertiary/aromatic N) is 2. The third kappa shape index (κ3) is 5.10. The van der Waals surface area contributed by atoms with E-state index in [4.69, 9.17) is 11.6 Å². The Bertz CT molecular complexity index is 881. The van der Waals surface area contributed by atoms with Crippen molar-refractivity contribution in [2.45, 2.75) is 30.6 Å². The van der Waals surface area contributed by atoms with Gasteiger partial charge in [-0.3, -0.25) is 4.79 Å². The zero-order valence-corrected chi connectivity index (χ0v) is 17.1. The van der Waals surface area contributed by atoms with Gasteiger partial charge in [-0.25, -0.2) is 13.4 Å². The number of aryl methyl sites for hydroxylation is 1. The van der Waals surface area contributed by atoms with Crippen molar-refractivity contribution in [2.24, 2.45) is 5.92 Å². The summed E-state index contributed by atoms with van der Waals surface area (Å²) in [6.07, 6.45) is 4.30. The van der Waals surface area contributed by atoms with E-state index in [0.717, 1.165) is 18.4 Å². The van der Waals surface area contributed by atoms with Crippen molar-refractivity contribution in [2.75, 3.05) is 24.3 Å². The highest BCUT2D eigenvalue weighted by atomic mass is 35.5. The lowest BCUT2D eigenvalue weighted by molar-refractivity contribution is -0.120. The molecule has 1 saturated heterocycles. The number of halogens is 1. The molecule has 1 fully saturated rings. The lowest BCUT2D eigenvalue weighted by Crippen LogP contribution is -2.41. The van der Waals surface area contributed by atoms with Gasteiger partial charge in [-0.15, -0.1) is 11.6 Å². The number of alkyl halides is 1. The molecule has 1 N–H and O–H groups in total. The normalized spacial score (nSPS) is 16.0. The minimum absolute atomic E-state index is 0.112. The molecule has 150 valence electrons. The number of carbonyl (C=O) groups excluding carboxylic acids is 1. The van der Waals surface area contributed by atoms with Gasteiger partial charge in [-0.1, -0.05) is 18.2 Å². The fourth-order valence-electron chi connectivity index (χ4n) is 3.27. The standard InChI is InChI=1S/C20H24ClN3O3S/c21-12-3-4-16-6-8-18(9-7-16)28(26,27)24-14-10-17(11-15-24)20(25)23-19-5-1-2-13-22-19/h1-2,5-9,13,17H,3-4,10-12,14-15H2,(H,22,23,25). The highest BCUT2D eigenvalue weighted by Gasteiger charge is 2.32. The molecule has 1 aliphatic rings. The topological polar surface area (TPSA) is 79.4 Å². The number of nitrogens with one attached hydrogen (secondary N) is 1. The Kier molecular flexibility index (Phi) is 7.04. The van der Waals surface area contributed by atoms with E-state index in [9.17, 15) is 13.2 Å². The molecule has 28 heavy (non-hydrogen) atoms. The van der Waals surface area contributed by atoms with Gasteiger partial charge < -0.3 is 5.32 Å². The Morgan fingerprint density at radius 3 is 2.46 bits per heavy atom. The number of sulfonamides is 1. The number of pyridine rings is 1. The summed E-state index contributed by atoms with van der Waals surface area (Å²) in [4.78, 5) is 16.8. The fraction of sp³-hybridized carbons (Fsp3) is 0.400. The summed E-state index contributed by atoms with van der Waals surface area (Å²) in [6, 6.07) is 12.3. The second kappa shape index (κ2) is 9.49. The van der Waals surface area contributed by atoms with Crippen LogP contribution in [0.25, 0.3) is 0 Å². The van der Waals surface area contributed by atoms with Crippen molar-refractivity contribution in [3.8, 4) is 0 Å². The molecule has 0 atom stereocenters. The van der Waals surface area contributed by atoms with Crippen molar-refractivity contribution in [1.29, 1.82) is 0 Å². The largest absolute Gasteiger partial charge is 0.310 e. The quantitative estimate of drug-likeness (QED) is 0.695. The van der Waals surface area contributed by atoms with Crippen LogP contribution in [-0.2, 0) is 21.2 Å². The molecule has 8 heteroatoms. The van der Waals surface area contributed by atoms with E-state index in [1.54, 1.807) is 36.5 Å². The number of carbonyl (C=O) groups is 1. The van der Waals surface area contributed by atoms with Crippen LogP contribution in [0.5, 0.6) is 0 Å². The Labute approximate surface area is 171 Å². The first-order valence-corrected chi connectivity index (χ1v) is 11.3. The molecular formula is C20H24ClN3O3S. The van der Waals surface area contributed by atoms with Crippen LogP contribution in [0.1, 0.15) is 24.8 Å². The molecular weight excluding hydrogens is 398 g/mol. The van der Waals surface area contributed by atoms with Crippen molar-refractivity contribution in [3.63, 3.8) is 0 Å². The molecule has 1 aromatic heterocycles. The zero-order chi connectivity index (χ0) is 20.0. The van der Waals surface area contributed by atoms with Gasteiger partial charge in [0.05, 0.1) is 4.90 Å². The summed E-state index contributed by atoms with van der Waals surface area (Å²) in [7, 11) is -3.54. The lowest BCUT2D eigenvalue weighted by Gasteiger charge is -2.30. The summed E-state index contributed by atoms with van der Waals surface area (Å²) in [5.41, 5.74) is 1.07. The first-order chi connectivity index (χ1) is 13.5. The molecule has 0 unspecified atom stereocenters. The van der Waals surface area contributed by atoms with Gasteiger partial charge in [-0.2, -0.15) is 4.31 Å². The van der Waals surface area contributed by atoms with Gasteiger partial charge in [0.15, 0.2) is 0 Å². The van der Waals surface area contributed by atoms with Crippen LogP contribution in [0.2, 0.25) is 0 Å². The summed E-state index contributed by atoms with van der Waals surface area (Å²) >= 11 is 5.70. The summed E-state index contributed by atoms with van der Waals surface area (Å²) < 4.78 is 27.2. The number of amides is 1. The van der Waals surface area contributed by atoms with Gasteiger partial charge in [-0.05, 0) is 55.5 Å². The Hall–Kier alpha value is -1.96. The van der Waals surface area contributed by atoms with Gasteiger partial charge >= 0.3 is 0 Å². The number of rotatable bonds is 7. The maximum atomic E-state index is 12.9. The summed E-state index contributed by atoms with van der Waals surface area (Å²) in [6.45, 7) is 0.660. The average Bonchev–Trinajstić information content (AvgIpc) is 2.73. The maximum absolute atomic E-state index is 12.9. The Morgan fingerprint density at radius 1 is 1.14 bits per heavy atom. The number of hydrogen-bond acceptors (Lipinski definition) is 4. The number of anilines is 1. The number of piperidine rings is 1. The first-order valence-electron chi connectivity index (χ1n) is 9.37. The van der Waals surface area contributed by atoms with E-state index in [1.807, 2.05) is 12.1 Å². The van der Waals surface area contributed by atoms with E-state index < -0.39 is 10.0 Å². The van der Waals surface area contributed by atoms with Gasteiger partial charge in [0.2, 0.25) is 15.9 Å². The summed E-state index contributed by atoms with van der Waals surface area (Å²) in [5, 5.41) is 2.79. The molecule has 2 aromatic rings. The van der Waals surface area contributed by atoms with Crippen LogP contribution in [0.15, 0.2) is 53.6 Å². The molecule has 3 rings (SSSR count). The third-order valence-electron chi connectivity index (χ3n) is 4.90. The molecule has 1 amide bonds. The predicted molar refractivity (Wildman–Crippen MR) is 110 cm³/mol. The molecule has 1 aromatic carbocycles. The number of benzene rings is 1. The smallest absolute Gasteiger partial charge is 0.243 e. The van der Waals surface area contributed by atoms with Crippen LogP contribution in [0.3, 0.4) is 0 Å². The predicted octanol–water partition coefficient (Wildman–Crippen LogP) is 3.29. The van der Waals surface area contributed by atoms with Crippen molar-refractivity contribution < 1.29 is 13.2 Å². The van der Waals surface area contributed by atoms with Gasteiger partial charge in [0.25, 0.3) is 0 Å². The lowest BCUT2D eigenvalue weighted by atomic mass is 9.97. The second-order valence-corrected chi connectivity index (χ2v) is 9.13. The molecule has 0 aliphatic carbocycles. The zero-order valence-electron chi connectivity index (χ0n) is 15.6. The van der Waals surface area contributed by atoms with Crippen LogP contribution in [0, 0.1) is 5.92 Å². The highest BCUT2D eigenvalue weighted by Crippen LogP contribution is 2.25. The average molecular weight is 422 g/mol. The van der Waals surface area contributed by atoms with Crippen LogP contribution < -0.4 is 5.32 Å². The molecule has 0 bridgehead atoms. The fourth-order valence-corrected chi connectivity index (χ4v) is 4.87. The molecule has 6 nitrogen and oxygen atoms in total. The van der Waals surface area contributed by atoms with Crippen LogP contribution >= 0.6 is 11.6 Å². The molecule has 0 spiro atoms. The van der Waals surface area contributed by atoms with E-state index >= 15 is 0 Å². The highest BCUT2D eigenvalue weighted by molar-refractivity contribution is 7.89. The van der Waals surface area contributed by atoms with E-state index in [0.29, 0.717) is 42.5 Å². The van der Waals surface area contributed by atoms with E-state index in [-0.39, 0.29) is 11.8 Å². The van der Waals surface area contributed by atoms with Crippen molar-refractivity contribution in [3.05, 3.63) is 54.2 Å². The summed E-state index contributed by atoms with van der Waals surface area (Å²) in [5.74, 6) is 0.769. The molecule has 0 saturated carbocycles. The molecule has 1 aliphatic heterocycles. The maximum Gasteiger partial charge on any atom is 0.243 e. The van der Waals surface area contributed by atoms with E-state index in [2.05, 4.69) is 10.3 Å². The van der Waals surface area contributed by atoms with Crippen molar-refractivity contribution >= 4 is 33.3 Å². The Morgan fingerprint density at radius 2 is 1.86 bits per heavy atom.